The van der Waals surface area contributed by atoms with Crippen LogP contribution in [0.5, 0.6) is 0 Å². The van der Waals surface area contributed by atoms with Gasteiger partial charge in [-0.2, -0.15) is 0 Å². The van der Waals surface area contributed by atoms with Gasteiger partial charge < -0.3 is 0 Å². The molecule has 3 heterocycles. The van der Waals surface area contributed by atoms with E-state index in [1.165, 1.54) is 5.56 Å². The summed E-state index contributed by atoms with van der Waals surface area (Å²) in [4.78, 5) is 15.7. The van der Waals surface area contributed by atoms with Gasteiger partial charge in [0.05, 0.1) is 5.69 Å². The van der Waals surface area contributed by atoms with Crippen molar-refractivity contribution in [1.82, 2.24) is 19.9 Å². The second kappa shape index (κ2) is 6.67. The lowest BCUT2D eigenvalue weighted by Crippen LogP contribution is -2.31. The van der Waals surface area contributed by atoms with Crippen LogP contribution in [0.15, 0.2) is 55.0 Å². The van der Waals surface area contributed by atoms with E-state index in [1.54, 1.807) is 12.4 Å². The maximum absolute atomic E-state index is 6.28. The molecule has 0 fully saturated rings. The summed E-state index contributed by atoms with van der Waals surface area (Å²) >= 11 is 6.28. The SMILES string of the molecule is Clc1ccccc1CN1CCc2nc(-c3ccncc3)ncc2C1. The number of halogens is 1. The third kappa shape index (κ3) is 3.16. The number of aromatic nitrogens is 3. The first kappa shape index (κ1) is 15.2. The highest BCUT2D eigenvalue weighted by molar-refractivity contribution is 6.31. The molecule has 0 unspecified atom stereocenters. The Morgan fingerprint density at radius 3 is 2.75 bits per heavy atom. The highest BCUT2D eigenvalue weighted by Crippen LogP contribution is 2.23. The monoisotopic (exact) mass is 336 g/mol. The summed E-state index contributed by atoms with van der Waals surface area (Å²) in [6.45, 7) is 2.69. The molecule has 3 aromatic rings. The van der Waals surface area contributed by atoms with Crippen molar-refractivity contribution in [2.75, 3.05) is 6.54 Å². The molecule has 0 bridgehead atoms. The maximum atomic E-state index is 6.28. The van der Waals surface area contributed by atoms with E-state index >= 15 is 0 Å². The lowest BCUT2D eigenvalue weighted by molar-refractivity contribution is 0.243. The highest BCUT2D eigenvalue weighted by atomic mass is 35.5. The van der Waals surface area contributed by atoms with Crippen molar-refractivity contribution in [1.29, 1.82) is 0 Å². The summed E-state index contributed by atoms with van der Waals surface area (Å²) < 4.78 is 0. The Morgan fingerprint density at radius 1 is 1.08 bits per heavy atom. The number of nitrogens with zero attached hydrogens (tertiary/aromatic N) is 4. The van der Waals surface area contributed by atoms with Crippen LogP contribution in [0.1, 0.15) is 16.8 Å². The van der Waals surface area contributed by atoms with Gasteiger partial charge >= 0.3 is 0 Å². The molecular weight excluding hydrogens is 320 g/mol. The quantitative estimate of drug-likeness (QED) is 0.730. The minimum absolute atomic E-state index is 0.774. The molecule has 4 rings (SSSR count). The average Bonchev–Trinajstić information content (AvgIpc) is 2.64. The number of hydrogen-bond donors (Lipinski definition) is 0. The van der Waals surface area contributed by atoms with E-state index in [-0.39, 0.29) is 0 Å². The second-order valence-electron chi connectivity index (χ2n) is 5.95. The van der Waals surface area contributed by atoms with Gasteiger partial charge in [0.1, 0.15) is 0 Å². The Morgan fingerprint density at radius 2 is 1.92 bits per heavy atom. The second-order valence-corrected chi connectivity index (χ2v) is 6.36. The van der Waals surface area contributed by atoms with Gasteiger partial charge in [0.2, 0.25) is 0 Å². The lowest BCUT2D eigenvalue weighted by Gasteiger charge is -2.28. The Hall–Kier alpha value is -2.30. The Kier molecular flexibility index (Phi) is 4.24. The summed E-state index contributed by atoms with van der Waals surface area (Å²) in [6, 6.07) is 11.9. The molecule has 5 heteroatoms. The third-order valence-electron chi connectivity index (χ3n) is 4.30. The fourth-order valence-corrected chi connectivity index (χ4v) is 3.21. The predicted octanol–water partition coefficient (Wildman–Crippen LogP) is 3.75. The Labute approximate surface area is 146 Å². The zero-order chi connectivity index (χ0) is 16.4. The highest BCUT2D eigenvalue weighted by Gasteiger charge is 2.19. The molecule has 1 aromatic carbocycles. The van der Waals surface area contributed by atoms with Crippen LogP contribution in [0, 0.1) is 0 Å². The van der Waals surface area contributed by atoms with E-state index < -0.39 is 0 Å². The van der Waals surface area contributed by atoms with Crippen molar-refractivity contribution < 1.29 is 0 Å². The zero-order valence-electron chi connectivity index (χ0n) is 13.2. The van der Waals surface area contributed by atoms with Crippen LogP contribution in [0.25, 0.3) is 11.4 Å². The molecule has 24 heavy (non-hydrogen) atoms. The first-order chi connectivity index (χ1) is 11.8. The van der Waals surface area contributed by atoms with E-state index in [0.717, 1.165) is 53.7 Å². The van der Waals surface area contributed by atoms with Gasteiger partial charge in [0, 0.05) is 60.8 Å². The minimum Gasteiger partial charge on any atom is -0.294 e. The molecule has 0 atom stereocenters. The van der Waals surface area contributed by atoms with Gasteiger partial charge in [0.25, 0.3) is 0 Å². The van der Waals surface area contributed by atoms with Gasteiger partial charge in [-0.1, -0.05) is 29.8 Å². The van der Waals surface area contributed by atoms with Crippen LogP contribution in [-0.4, -0.2) is 26.4 Å². The molecule has 1 aliphatic heterocycles. The van der Waals surface area contributed by atoms with Crippen LogP contribution >= 0.6 is 11.6 Å². The summed E-state index contributed by atoms with van der Waals surface area (Å²) in [6.07, 6.45) is 6.42. The summed E-state index contributed by atoms with van der Waals surface area (Å²) in [5, 5.41) is 0.826. The van der Waals surface area contributed by atoms with Crippen LogP contribution in [0.2, 0.25) is 5.02 Å². The third-order valence-corrected chi connectivity index (χ3v) is 4.67. The summed E-state index contributed by atoms with van der Waals surface area (Å²) in [5.41, 5.74) is 4.52. The molecule has 2 aromatic heterocycles. The number of pyridine rings is 1. The number of hydrogen-bond acceptors (Lipinski definition) is 4. The fourth-order valence-electron chi connectivity index (χ4n) is 3.02. The zero-order valence-corrected chi connectivity index (χ0v) is 13.9. The number of fused-ring (bicyclic) bond motifs is 1. The van der Waals surface area contributed by atoms with E-state index in [4.69, 9.17) is 16.6 Å². The van der Waals surface area contributed by atoms with E-state index in [9.17, 15) is 0 Å². The van der Waals surface area contributed by atoms with Gasteiger partial charge in [-0.05, 0) is 23.8 Å². The lowest BCUT2D eigenvalue weighted by atomic mass is 10.1. The molecule has 0 saturated heterocycles. The van der Waals surface area contributed by atoms with Gasteiger partial charge in [-0.15, -0.1) is 0 Å². The van der Waals surface area contributed by atoms with Crippen molar-refractivity contribution in [2.24, 2.45) is 0 Å². The first-order valence-corrected chi connectivity index (χ1v) is 8.38. The van der Waals surface area contributed by atoms with Crippen molar-refractivity contribution in [3.05, 3.63) is 76.8 Å². The maximum Gasteiger partial charge on any atom is 0.159 e. The number of benzene rings is 1. The van der Waals surface area contributed by atoms with Crippen molar-refractivity contribution in [2.45, 2.75) is 19.5 Å². The first-order valence-electron chi connectivity index (χ1n) is 8.00. The predicted molar refractivity (Wildman–Crippen MR) is 94.5 cm³/mol. The molecule has 0 aliphatic carbocycles. The average molecular weight is 337 g/mol. The van der Waals surface area contributed by atoms with E-state index in [0.29, 0.717) is 0 Å². The van der Waals surface area contributed by atoms with Crippen molar-refractivity contribution in [3.8, 4) is 11.4 Å². The number of rotatable bonds is 3. The smallest absolute Gasteiger partial charge is 0.159 e. The molecule has 4 nitrogen and oxygen atoms in total. The van der Waals surface area contributed by atoms with E-state index in [1.807, 2.05) is 36.5 Å². The molecule has 0 radical (unpaired) electrons. The largest absolute Gasteiger partial charge is 0.294 e. The van der Waals surface area contributed by atoms with Crippen LogP contribution in [0.4, 0.5) is 0 Å². The molecule has 0 saturated carbocycles. The normalized spacial score (nSPS) is 14.4. The van der Waals surface area contributed by atoms with Crippen molar-refractivity contribution in [3.63, 3.8) is 0 Å². The minimum atomic E-state index is 0.774. The van der Waals surface area contributed by atoms with Crippen molar-refractivity contribution >= 4 is 11.6 Å². The topological polar surface area (TPSA) is 41.9 Å². The Balaban J connectivity index is 1.53. The molecule has 1 aliphatic rings. The van der Waals surface area contributed by atoms with Gasteiger partial charge in [0.15, 0.2) is 5.82 Å². The van der Waals surface area contributed by atoms with Crippen LogP contribution in [0.3, 0.4) is 0 Å². The van der Waals surface area contributed by atoms with Crippen LogP contribution < -0.4 is 0 Å². The Bertz CT molecular complexity index is 851. The van der Waals surface area contributed by atoms with Gasteiger partial charge in [-0.25, -0.2) is 9.97 Å². The van der Waals surface area contributed by atoms with E-state index in [2.05, 4.69) is 20.9 Å². The standard InChI is InChI=1S/C19H17ClN4/c20-17-4-2-1-3-15(17)12-24-10-7-18-16(13-24)11-22-19(23-18)14-5-8-21-9-6-14/h1-6,8-9,11H,7,10,12-13H2. The fraction of sp³-hybridized carbons (Fsp3) is 0.211. The summed E-state index contributed by atoms with van der Waals surface area (Å²) in [7, 11) is 0. The molecule has 0 amide bonds. The molecular formula is C19H17ClN4. The summed E-state index contributed by atoms with van der Waals surface area (Å²) in [5.74, 6) is 0.774. The molecule has 120 valence electrons. The molecule has 0 N–H and O–H groups in total. The van der Waals surface area contributed by atoms with Crippen LogP contribution in [-0.2, 0) is 19.5 Å². The van der Waals surface area contributed by atoms with Gasteiger partial charge in [-0.3, -0.25) is 9.88 Å². The molecule has 0 spiro atoms.